The SMILES string of the molecule is COc1cccc2cc(C(=O)OC/C=C/c3ccccc3)c(=O)oc12. The van der Waals surface area contributed by atoms with E-state index in [1.54, 1.807) is 24.3 Å². The van der Waals surface area contributed by atoms with Crippen molar-refractivity contribution in [1.82, 2.24) is 0 Å². The van der Waals surface area contributed by atoms with E-state index in [0.717, 1.165) is 5.56 Å². The third-order valence-electron chi connectivity index (χ3n) is 3.58. The van der Waals surface area contributed by atoms with E-state index in [9.17, 15) is 9.59 Å². The lowest BCUT2D eigenvalue weighted by Crippen LogP contribution is -2.16. The van der Waals surface area contributed by atoms with Gasteiger partial charge in [-0.05, 0) is 23.8 Å². The topological polar surface area (TPSA) is 65.7 Å². The number of esters is 1. The molecule has 3 aromatic rings. The average Bonchev–Trinajstić information content (AvgIpc) is 2.65. The summed E-state index contributed by atoms with van der Waals surface area (Å²) in [6.07, 6.45) is 3.54. The molecule has 0 amide bonds. The molecular formula is C20H16O5. The molecule has 0 N–H and O–H groups in total. The molecule has 0 saturated heterocycles. The van der Waals surface area contributed by atoms with Crippen molar-refractivity contribution in [1.29, 1.82) is 0 Å². The fourth-order valence-corrected chi connectivity index (χ4v) is 2.37. The molecular weight excluding hydrogens is 320 g/mol. The van der Waals surface area contributed by atoms with Crippen molar-refractivity contribution >= 4 is 23.0 Å². The third kappa shape index (κ3) is 3.77. The molecule has 0 atom stereocenters. The van der Waals surface area contributed by atoms with Crippen molar-refractivity contribution in [3.05, 3.63) is 82.2 Å². The smallest absolute Gasteiger partial charge is 0.351 e. The van der Waals surface area contributed by atoms with Crippen LogP contribution in [0.3, 0.4) is 0 Å². The van der Waals surface area contributed by atoms with Gasteiger partial charge in [0.1, 0.15) is 12.2 Å². The van der Waals surface area contributed by atoms with Gasteiger partial charge in [-0.15, -0.1) is 0 Å². The maximum Gasteiger partial charge on any atom is 0.351 e. The zero-order valence-electron chi connectivity index (χ0n) is 13.6. The Hall–Kier alpha value is -3.34. The second kappa shape index (κ2) is 7.49. The van der Waals surface area contributed by atoms with Crippen molar-refractivity contribution in [2.24, 2.45) is 0 Å². The molecule has 0 unspecified atom stereocenters. The summed E-state index contributed by atoms with van der Waals surface area (Å²) in [5.41, 5.74) is 0.397. The van der Waals surface area contributed by atoms with Gasteiger partial charge in [0, 0.05) is 5.39 Å². The van der Waals surface area contributed by atoms with Crippen LogP contribution in [0.1, 0.15) is 15.9 Å². The van der Waals surface area contributed by atoms with Gasteiger partial charge in [0.15, 0.2) is 11.3 Å². The van der Waals surface area contributed by atoms with Gasteiger partial charge in [0.25, 0.3) is 0 Å². The molecule has 0 radical (unpaired) electrons. The third-order valence-corrected chi connectivity index (χ3v) is 3.58. The van der Waals surface area contributed by atoms with Gasteiger partial charge >= 0.3 is 11.6 Å². The van der Waals surface area contributed by atoms with E-state index in [4.69, 9.17) is 13.9 Å². The quantitative estimate of drug-likeness (QED) is 0.525. The lowest BCUT2D eigenvalue weighted by atomic mass is 10.2. The van der Waals surface area contributed by atoms with Gasteiger partial charge in [-0.3, -0.25) is 0 Å². The van der Waals surface area contributed by atoms with Crippen LogP contribution < -0.4 is 10.4 Å². The van der Waals surface area contributed by atoms with E-state index >= 15 is 0 Å². The van der Waals surface area contributed by atoms with Crippen LogP contribution in [0.25, 0.3) is 17.0 Å². The number of fused-ring (bicyclic) bond motifs is 1. The highest BCUT2D eigenvalue weighted by molar-refractivity contribution is 5.94. The first kappa shape index (κ1) is 16.5. The van der Waals surface area contributed by atoms with Gasteiger partial charge in [-0.25, -0.2) is 9.59 Å². The fourth-order valence-electron chi connectivity index (χ4n) is 2.37. The summed E-state index contributed by atoms with van der Waals surface area (Å²) >= 11 is 0. The van der Waals surface area contributed by atoms with Crippen LogP contribution in [0.5, 0.6) is 5.75 Å². The standard InChI is InChI=1S/C20H16O5/c1-23-17-11-5-10-15-13-16(20(22)25-18(15)17)19(21)24-12-6-9-14-7-3-2-4-8-14/h2-11,13H,12H2,1H3/b9-6+. The first-order valence-electron chi connectivity index (χ1n) is 7.68. The minimum absolute atomic E-state index is 0.0588. The normalized spacial score (nSPS) is 10.9. The summed E-state index contributed by atoms with van der Waals surface area (Å²) in [5.74, 6) is -0.295. The number of carbonyl (C=O) groups excluding carboxylic acids is 1. The summed E-state index contributed by atoms with van der Waals surface area (Å²) in [5, 5.41) is 0.589. The molecule has 5 heteroatoms. The Morgan fingerprint density at radius 1 is 1.12 bits per heavy atom. The zero-order valence-corrected chi connectivity index (χ0v) is 13.6. The number of hydrogen-bond acceptors (Lipinski definition) is 5. The molecule has 0 saturated carbocycles. The van der Waals surface area contributed by atoms with E-state index < -0.39 is 11.6 Å². The van der Waals surface area contributed by atoms with Crippen molar-refractivity contribution in [2.75, 3.05) is 13.7 Å². The van der Waals surface area contributed by atoms with E-state index in [0.29, 0.717) is 16.7 Å². The molecule has 3 rings (SSSR count). The summed E-state index contributed by atoms with van der Waals surface area (Å²) in [4.78, 5) is 24.2. The summed E-state index contributed by atoms with van der Waals surface area (Å²) in [6.45, 7) is 0.0588. The molecule has 2 aromatic carbocycles. The van der Waals surface area contributed by atoms with Crippen LogP contribution in [0.4, 0.5) is 0 Å². The van der Waals surface area contributed by atoms with Crippen LogP contribution in [-0.4, -0.2) is 19.7 Å². The van der Waals surface area contributed by atoms with Crippen LogP contribution in [0.2, 0.25) is 0 Å². The first-order valence-corrected chi connectivity index (χ1v) is 7.68. The predicted molar refractivity (Wildman–Crippen MR) is 94.8 cm³/mol. The van der Waals surface area contributed by atoms with E-state index in [-0.39, 0.29) is 12.2 Å². The lowest BCUT2D eigenvalue weighted by molar-refractivity contribution is 0.0545. The number of rotatable bonds is 5. The largest absolute Gasteiger partial charge is 0.493 e. The summed E-state index contributed by atoms with van der Waals surface area (Å²) in [7, 11) is 1.48. The molecule has 126 valence electrons. The number of ether oxygens (including phenoxy) is 2. The molecule has 0 fully saturated rings. The first-order chi connectivity index (χ1) is 12.2. The highest BCUT2D eigenvalue weighted by Crippen LogP contribution is 2.24. The second-order valence-electron chi connectivity index (χ2n) is 5.24. The number of hydrogen-bond donors (Lipinski definition) is 0. The summed E-state index contributed by atoms with van der Waals surface area (Å²) in [6, 6.07) is 16.2. The predicted octanol–water partition coefficient (Wildman–Crippen LogP) is 3.67. The molecule has 1 heterocycles. The molecule has 0 spiro atoms. The highest BCUT2D eigenvalue weighted by Gasteiger charge is 2.16. The minimum atomic E-state index is -0.756. The highest BCUT2D eigenvalue weighted by atomic mass is 16.5. The molecule has 25 heavy (non-hydrogen) atoms. The Morgan fingerprint density at radius 3 is 2.68 bits per heavy atom. The van der Waals surface area contributed by atoms with Crippen molar-refractivity contribution in [3.8, 4) is 5.75 Å². The van der Waals surface area contributed by atoms with Gasteiger partial charge < -0.3 is 13.9 Å². The maximum atomic E-state index is 12.1. The van der Waals surface area contributed by atoms with Crippen molar-refractivity contribution in [2.45, 2.75) is 0 Å². The lowest BCUT2D eigenvalue weighted by Gasteiger charge is -2.05. The van der Waals surface area contributed by atoms with Gasteiger partial charge in [0.2, 0.25) is 0 Å². The molecule has 0 bridgehead atoms. The molecule has 5 nitrogen and oxygen atoms in total. The number of benzene rings is 2. The number of para-hydroxylation sites is 1. The van der Waals surface area contributed by atoms with Gasteiger partial charge in [0.05, 0.1) is 7.11 Å². The average molecular weight is 336 g/mol. The molecule has 1 aromatic heterocycles. The maximum absolute atomic E-state index is 12.1. The Bertz CT molecular complexity index is 970. The summed E-state index contributed by atoms with van der Waals surface area (Å²) < 4.78 is 15.5. The Balaban J connectivity index is 1.75. The van der Waals surface area contributed by atoms with Crippen LogP contribution in [-0.2, 0) is 4.74 Å². The minimum Gasteiger partial charge on any atom is -0.493 e. The monoisotopic (exact) mass is 336 g/mol. The van der Waals surface area contributed by atoms with Crippen LogP contribution in [0.15, 0.2) is 69.9 Å². The zero-order chi connectivity index (χ0) is 17.6. The fraction of sp³-hybridized carbons (Fsp3) is 0.100. The number of carbonyl (C=O) groups is 1. The Morgan fingerprint density at radius 2 is 1.92 bits per heavy atom. The van der Waals surface area contributed by atoms with Crippen molar-refractivity contribution in [3.63, 3.8) is 0 Å². The van der Waals surface area contributed by atoms with Crippen molar-refractivity contribution < 1.29 is 18.7 Å². The van der Waals surface area contributed by atoms with E-state index in [1.165, 1.54) is 13.2 Å². The molecule has 0 aliphatic rings. The van der Waals surface area contributed by atoms with E-state index in [1.807, 2.05) is 36.4 Å². The Kier molecular flexibility index (Phi) is 4.95. The molecule has 0 aliphatic heterocycles. The Labute approximate surface area is 144 Å². The van der Waals surface area contributed by atoms with Gasteiger partial charge in [-0.1, -0.05) is 48.5 Å². The number of methoxy groups -OCH3 is 1. The van der Waals surface area contributed by atoms with E-state index in [2.05, 4.69) is 0 Å². The molecule has 0 aliphatic carbocycles. The van der Waals surface area contributed by atoms with Gasteiger partial charge in [-0.2, -0.15) is 0 Å². The second-order valence-corrected chi connectivity index (χ2v) is 5.24. The van der Waals surface area contributed by atoms with Crippen LogP contribution >= 0.6 is 0 Å². The van der Waals surface area contributed by atoms with Crippen LogP contribution in [0, 0.1) is 0 Å².